The first-order valence-electron chi connectivity index (χ1n) is 8.54. The van der Waals surface area contributed by atoms with Crippen molar-refractivity contribution in [3.05, 3.63) is 29.8 Å². The van der Waals surface area contributed by atoms with Gasteiger partial charge in [0.2, 0.25) is 0 Å². The van der Waals surface area contributed by atoms with Crippen LogP contribution in [0.15, 0.2) is 24.3 Å². The van der Waals surface area contributed by atoms with Crippen LogP contribution in [0, 0.1) is 17.8 Å². The predicted octanol–water partition coefficient (Wildman–Crippen LogP) is 4.55. The summed E-state index contributed by atoms with van der Waals surface area (Å²) in [5.74, 6) is 2.23. The summed E-state index contributed by atoms with van der Waals surface area (Å²) in [5, 5.41) is 3.63. The van der Waals surface area contributed by atoms with Crippen LogP contribution >= 0.6 is 0 Å². The number of nitrogens with zero attached hydrogens (tertiary/aromatic N) is 1. The summed E-state index contributed by atoms with van der Waals surface area (Å²) in [6.07, 6.45) is 0. The lowest BCUT2D eigenvalue weighted by molar-refractivity contribution is 0.275. The van der Waals surface area contributed by atoms with Gasteiger partial charge in [-0.25, -0.2) is 0 Å². The van der Waals surface area contributed by atoms with E-state index in [4.69, 9.17) is 0 Å². The minimum atomic E-state index is 0.738. The fraction of sp³-hybridized carbons (Fsp3) is 0.684. The third-order valence-electron chi connectivity index (χ3n) is 4.49. The molecular formula is C19H34N2. The van der Waals surface area contributed by atoms with Crippen molar-refractivity contribution in [3.63, 3.8) is 0 Å². The SMILES string of the molecule is CCN(CC)c1ccc(CNCC(C(C)C)C(C)C)cc1. The highest BCUT2D eigenvalue weighted by atomic mass is 15.1. The minimum Gasteiger partial charge on any atom is -0.372 e. The molecule has 1 rings (SSSR count). The van der Waals surface area contributed by atoms with Gasteiger partial charge in [-0.3, -0.25) is 0 Å². The van der Waals surface area contributed by atoms with Gasteiger partial charge in [0.15, 0.2) is 0 Å². The summed E-state index contributed by atoms with van der Waals surface area (Å²) in [6.45, 7) is 17.9. The molecule has 2 heteroatoms. The Morgan fingerprint density at radius 2 is 1.43 bits per heavy atom. The average molecular weight is 290 g/mol. The van der Waals surface area contributed by atoms with E-state index in [2.05, 4.69) is 76.0 Å². The van der Waals surface area contributed by atoms with E-state index >= 15 is 0 Å². The summed E-state index contributed by atoms with van der Waals surface area (Å²) >= 11 is 0. The second-order valence-corrected chi connectivity index (χ2v) is 6.62. The van der Waals surface area contributed by atoms with Crippen LogP contribution in [0.1, 0.15) is 47.1 Å². The van der Waals surface area contributed by atoms with Crippen molar-refractivity contribution in [2.45, 2.75) is 48.1 Å². The zero-order chi connectivity index (χ0) is 15.8. The Morgan fingerprint density at radius 1 is 0.905 bits per heavy atom. The molecule has 0 aliphatic rings. The highest BCUT2D eigenvalue weighted by molar-refractivity contribution is 5.47. The van der Waals surface area contributed by atoms with Crippen LogP contribution in [0.3, 0.4) is 0 Å². The molecule has 0 aliphatic heterocycles. The molecule has 0 spiro atoms. The number of hydrogen-bond acceptors (Lipinski definition) is 2. The van der Waals surface area contributed by atoms with Gasteiger partial charge in [-0.2, -0.15) is 0 Å². The highest BCUT2D eigenvalue weighted by Gasteiger charge is 2.16. The molecule has 0 aromatic heterocycles. The third-order valence-corrected chi connectivity index (χ3v) is 4.49. The van der Waals surface area contributed by atoms with Crippen molar-refractivity contribution in [2.24, 2.45) is 17.8 Å². The Hall–Kier alpha value is -1.02. The summed E-state index contributed by atoms with van der Waals surface area (Å²) in [5.41, 5.74) is 2.70. The molecule has 0 aliphatic carbocycles. The average Bonchev–Trinajstić information content (AvgIpc) is 2.45. The van der Waals surface area contributed by atoms with Crippen molar-refractivity contribution in [1.29, 1.82) is 0 Å². The Morgan fingerprint density at radius 3 is 1.86 bits per heavy atom. The maximum Gasteiger partial charge on any atom is 0.0366 e. The Kier molecular flexibility index (Phi) is 7.81. The topological polar surface area (TPSA) is 15.3 Å². The number of anilines is 1. The van der Waals surface area contributed by atoms with E-state index in [0.717, 1.165) is 43.9 Å². The van der Waals surface area contributed by atoms with Crippen molar-refractivity contribution >= 4 is 5.69 Å². The molecule has 0 bridgehead atoms. The second kappa shape index (κ2) is 9.09. The van der Waals surface area contributed by atoms with Crippen LogP contribution in [0.25, 0.3) is 0 Å². The quantitative estimate of drug-likeness (QED) is 0.717. The molecule has 1 aromatic rings. The van der Waals surface area contributed by atoms with E-state index in [1.165, 1.54) is 11.3 Å². The van der Waals surface area contributed by atoms with Crippen LogP contribution in [0.5, 0.6) is 0 Å². The van der Waals surface area contributed by atoms with E-state index in [-0.39, 0.29) is 0 Å². The fourth-order valence-electron chi connectivity index (χ4n) is 3.04. The molecule has 0 fully saturated rings. The first kappa shape index (κ1) is 18.0. The largest absolute Gasteiger partial charge is 0.372 e. The molecule has 0 radical (unpaired) electrons. The fourth-order valence-corrected chi connectivity index (χ4v) is 3.04. The molecule has 0 saturated carbocycles. The Balaban J connectivity index is 2.49. The van der Waals surface area contributed by atoms with Gasteiger partial charge in [0.25, 0.3) is 0 Å². The third kappa shape index (κ3) is 5.70. The van der Waals surface area contributed by atoms with Gasteiger partial charge in [0.05, 0.1) is 0 Å². The zero-order valence-corrected chi connectivity index (χ0v) is 14.8. The number of benzene rings is 1. The van der Waals surface area contributed by atoms with Crippen molar-refractivity contribution in [3.8, 4) is 0 Å². The lowest BCUT2D eigenvalue weighted by Gasteiger charge is -2.25. The van der Waals surface area contributed by atoms with Crippen LogP contribution in [0.2, 0.25) is 0 Å². The number of rotatable bonds is 9. The monoisotopic (exact) mass is 290 g/mol. The van der Waals surface area contributed by atoms with Gasteiger partial charge in [-0.1, -0.05) is 39.8 Å². The maximum absolute atomic E-state index is 3.63. The maximum atomic E-state index is 3.63. The van der Waals surface area contributed by atoms with E-state index in [0.29, 0.717) is 0 Å². The van der Waals surface area contributed by atoms with Gasteiger partial charge in [0, 0.05) is 25.3 Å². The lowest BCUT2D eigenvalue weighted by atomic mass is 9.85. The first-order chi connectivity index (χ1) is 9.99. The lowest BCUT2D eigenvalue weighted by Crippen LogP contribution is -2.29. The molecule has 1 aromatic carbocycles. The van der Waals surface area contributed by atoms with Gasteiger partial charge >= 0.3 is 0 Å². The summed E-state index contributed by atoms with van der Waals surface area (Å²) in [4.78, 5) is 2.38. The van der Waals surface area contributed by atoms with Gasteiger partial charge in [-0.15, -0.1) is 0 Å². The van der Waals surface area contributed by atoms with E-state index in [9.17, 15) is 0 Å². The zero-order valence-electron chi connectivity index (χ0n) is 14.8. The molecule has 2 nitrogen and oxygen atoms in total. The molecule has 0 saturated heterocycles. The molecule has 1 N–H and O–H groups in total. The molecular weight excluding hydrogens is 256 g/mol. The van der Waals surface area contributed by atoms with Crippen LogP contribution in [-0.4, -0.2) is 19.6 Å². The van der Waals surface area contributed by atoms with Gasteiger partial charge in [0.1, 0.15) is 0 Å². The highest BCUT2D eigenvalue weighted by Crippen LogP contribution is 2.20. The predicted molar refractivity (Wildman–Crippen MR) is 94.9 cm³/mol. The normalized spacial score (nSPS) is 11.7. The van der Waals surface area contributed by atoms with Crippen molar-refractivity contribution in [2.75, 3.05) is 24.5 Å². The van der Waals surface area contributed by atoms with Crippen LogP contribution in [0.4, 0.5) is 5.69 Å². The molecule has 0 unspecified atom stereocenters. The van der Waals surface area contributed by atoms with Crippen LogP contribution in [-0.2, 0) is 6.54 Å². The van der Waals surface area contributed by atoms with Gasteiger partial charge in [-0.05, 0) is 55.8 Å². The van der Waals surface area contributed by atoms with Crippen molar-refractivity contribution < 1.29 is 0 Å². The van der Waals surface area contributed by atoms with E-state index < -0.39 is 0 Å². The van der Waals surface area contributed by atoms with Crippen molar-refractivity contribution in [1.82, 2.24) is 5.32 Å². The minimum absolute atomic E-state index is 0.738. The molecule has 0 heterocycles. The summed E-state index contributed by atoms with van der Waals surface area (Å²) in [7, 11) is 0. The summed E-state index contributed by atoms with van der Waals surface area (Å²) in [6, 6.07) is 8.99. The smallest absolute Gasteiger partial charge is 0.0366 e. The van der Waals surface area contributed by atoms with Gasteiger partial charge < -0.3 is 10.2 Å². The Bertz CT molecular complexity index is 369. The first-order valence-corrected chi connectivity index (χ1v) is 8.54. The molecule has 0 atom stereocenters. The number of nitrogens with one attached hydrogen (secondary N) is 1. The van der Waals surface area contributed by atoms with Crippen LogP contribution < -0.4 is 10.2 Å². The molecule has 0 amide bonds. The van der Waals surface area contributed by atoms with E-state index in [1.54, 1.807) is 0 Å². The standard InChI is InChI=1S/C19H34N2/c1-7-21(8-2)18-11-9-17(10-12-18)13-20-14-19(15(3)4)16(5)6/h9-12,15-16,19-20H,7-8,13-14H2,1-6H3. The summed E-state index contributed by atoms with van der Waals surface area (Å²) < 4.78 is 0. The molecule has 21 heavy (non-hydrogen) atoms. The second-order valence-electron chi connectivity index (χ2n) is 6.62. The molecule has 120 valence electrons. The Labute approximate surface area is 131 Å². The number of hydrogen-bond donors (Lipinski definition) is 1. The van der Waals surface area contributed by atoms with E-state index in [1.807, 2.05) is 0 Å².